The van der Waals surface area contributed by atoms with Crippen LogP contribution in [0, 0.1) is 0 Å². The maximum Gasteiger partial charge on any atom is 0.160 e. The van der Waals surface area contributed by atoms with Crippen molar-refractivity contribution in [2.24, 2.45) is 0 Å². The lowest BCUT2D eigenvalue weighted by molar-refractivity contribution is 0.769. The first-order chi connectivity index (χ1) is 31.2. The van der Waals surface area contributed by atoms with Crippen LogP contribution in [0.2, 0.25) is 0 Å². The number of hydrogen-bond donors (Lipinski definition) is 0. The van der Waals surface area contributed by atoms with Crippen LogP contribution in [0.5, 0.6) is 0 Å². The molecule has 0 fully saturated rings. The van der Waals surface area contributed by atoms with Gasteiger partial charge in [-0.1, -0.05) is 194 Å². The minimum Gasteiger partial charge on any atom is -0.264 e. The summed E-state index contributed by atoms with van der Waals surface area (Å²) in [5.74, 6) is 0.692. The Hall–Kier alpha value is -8.27. The second-order valence-corrected chi connectivity index (χ2v) is 16.3. The van der Waals surface area contributed by atoms with E-state index in [9.17, 15) is 0 Å². The van der Waals surface area contributed by atoms with Gasteiger partial charge in [-0.15, -0.1) is 0 Å². The molecule has 0 saturated heterocycles. The lowest BCUT2D eigenvalue weighted by atomic mass is 9.67. The van der Waals surface area contributed by atoms with Gasteiger partial charge in [0.15, 0.2) is 5.82 Å². The molecule has 0 radical (unpaired) electrons. The van der Waals surface area contributed by atoms with E-state index >= 15 is 0 Å². The van der Waals surface area contributed by atoms with Gasteiger partial charge in [-0.25, -0.2) is 9.97 Å². The van der Waals surface area contributed by atoms with Gasteiger partial charge in [0.25, 0.3) is 0 Å². The summed E-state index contributed by atoms with van der Waals surface area (Å²) in [4.78, 5) is 14.7. The Morgan fingerprint density at radius 2 is 0.873 bits per heavy atom. The first-order valence-corrected chi connectivity index (χ1v) is 21.5. The van der Waals surface area contributed by atoms with Crippen LogP contribution in [0.1, 0.15) is 22.3 Å². The van der Waals surface area contributed by atoms with E-state index in [4.69, 9.17) is 9.97 Å². The molecule has 1 aliphatic rings. The molecule has 1 aliphatic carbocycles. The van der Waals surface area contributed by atoms with Gasteiger partial charge in [0.1, 0.15) is 0 Å². The van der Waals surface area contributed by atoms with E-state index in [0.29, 0.717) is 5.82 Å². The molecule has 0 unspecified atom stereocenters. The molecule has 12 rings (SSSR count). The van der Waals surface area contributed by atoms with Gasteiger partial charge in [0, 0.05) is 29.1 Å². The van der Waals surface area contributed by atoms with Crippen molar-refractivity contribution < 1.29 is 0 Å². The van der Waals surface area contributed by atoms with E-state index in [1.54, 1.807) is 6.20 Å². The highest BCUT2D eigenvalue weighted by molar-refractivity contribution is 6.06. The highest BCUT2D eigenvalue weighted by Gasteiger charge is 2.46. The molecular weight excluding hydrogens is 763 g/mol. The SMILES string of the molecule is c1ccc(-c2nc(-c3ccc(-c4cccnc4)cc3)cc(-c3ccc(-c4ccc5c(c4)-c4cc6ccccc6cc4C5(c4ccccc4)c4ccccc4)c4ccccc34)n2)cc1. The average Bonchev–Trinajstić information content (AvgIpc) is 3.65. The summed E-state index contributed by atoms with van der Waals surface area (Å²) in [5, 5.41) is 4.79. The third-order valence-electron chi connectivity index (χ3n) is 12.9. The summed E-state index contributed by atoms with van der Waals surface area (Å²) < 4.78 is 0. The summed E-state index contributed by atoms with van der Waals surface area (Å²) in [5.41, 5.74) is 16.5. The van der Waals surface area contributed by atoms with E-state index in [1.807, 2.05) is 30.5 Å². The molecule has 2 aromatic heterocycles. The predicted molar refractivity (Wildman–Crippen MR) is 259 cm³/mol. The number of rotatable bonds is 7. The normalized spacial score (nSPS) is 12.6. The summed E-state index contributed by atoms with van der Waals surface area (Å²) in [7, 11) is 0. The van der Waals surface area contributed by atoms with Crippen LogP contribution in [0.15, 0.2) is 237 Å². The van der Waals surface area contributed by atoms with Crippen molar-refractivity contribution in [1.29, 1.82) is 0 Å². The number of benzene rings is 9. The molecule has 0 spiro atoms. The van der Waals surface area contributed by atoms with Gasteiger partial charge in [-0.3, -0.25) is 4.98 Å². The van der Waals surface area contributed by atoms with E-state index in [0.717, 1.165) is 44.6 Å². The van der Waals surface area contributed by atoms with Crippen LogP contribution in [0.4, 0.5) is 0 Å². The highest BCUT2D eigenvalue weighted by Crippen LogP contribution is 2.57. The predicted octanol–water partition coefficient (Wildman–Crippen LogP) is 14.9. The zero-order valence-electron chi connectivity index (χ0n) is 34.4. The van der Waals surface area contributed by atoms with E-state index < -0.39 is 5.41 Å². The molecule has 2 heterocycles. The molecule has 294 valence electrons. The van der Waals surface area contributed by atoms with E-state index in [2.05, 4.69) is 205 Å². The third-order valence-corrected chi connectivity index (χ3v) is 12.9. The molecule has 9 aromatic carbocycles. The number of aromatic nitrogens is 3. The highest BCUT2D eigenvalue weighted by atomic mass is 14.9. The van der Waals surface area contributed by atoms with Crippen LogP contribution < -0.4 is 0 Å². The summed E-state index contributed by atoms with van der Waals surface area (Å²) in [6.45, 7) is 0. The van der Waals surface area contributed by atoms with Crippen molar-refractivity contribution >= 4 is 21.5 Å². The van der Waals surface area contributed by atoms with Gasteiger partial charge in [0.05, 0.1) is 16.8 Å². The van der Waals surface area contributed by atoms with Crippen molar-refractivity contribution in [2.75, 3.05) is 0 Å². The second kappa shape index (κ2) is 15.0. The van der Waals surface area contributed by atoms with Crippen LogP contribution in [-0.4, -0.2) is 15.0 Å². The molecular formula is C60H39N3. The summed E-state index contributed by atoms with van der Waals surface area (Å²) >= 11 is 0. The average molecular weight is 802 g/mol. The Kier molecular flexibility index (Phi) is 8.72. The van der Waals surface area contributed by atoms with Gasteiger partial charge in [0.2, 0.25) is 0 Å². The zero-order chi connectivity index (χ0) is 41.7. The van der Waals surface area contributed by atoms with Crippen LogP contribution in [0.3, 0.4) is 0 Å². The maximum atomic E-state index is 5.27. The Bertz CT molecular complexity index is 3430. The van der Waals surface area contributed by atoms with Gasteiger partial charge in [-0.05, 0) is 108 Å². The van der Waals surface area contributed by atoms with Gasteiger partial charge in [-0.2, -0.15) is 0 Å². The van der Waals surface area contributed by atoms with Crippen molar-refractivity contribution in [1.82, 2.24) is 15.0 Å². The van der Waals surface area contributed by atoms with Crippen LogP contribution in [-0.2, 0) is 5.41 Å². The molecule has 11 aromatic rings. The Morgan fingerprint density at radius 1 is 0.317 bits per heavy atom. The summed E-state index contributed by atoms with van der Waals surface area (Å²) in [6, 6.07) is 81.1. The van der Waals surface area contributed by atoms with Crippen molar-refractivity contribution in [3.63, 3.8) is 0 Å². The first-order valence-electron chi connectivity index (χ1n) is 21.5. The number of hydrogen-bond acceptors (Lipinski definition) is 3. The largest absolute Gasteiger partial charge is 0.264 e. The van der Waals surface area contributed by atoms with Crippen molar-refractivity contribution in [2.45, 2.75) is 5.41 Å². The minimum atomic E-state index is -0.484. The lowest BCUT2D eigenvalue weighted by Crippen LogP contribution is -2.28. The zero-order valence-corrected chi connectivity index (χ0v) is 34.4. The number of pyridine rings is 1. The smallest absolute Gasteiger partial charge is 0.160 e. The Labute approximate surface area is 366 Å². The molecule has 0 atom stereocenters. The third kappa shape index (κ3) is 6.08. The second-order valence-electron chi connectivity index (χ2n) is 16.3. The van der Waals surface area contributed by atoms with Crippen molar-refractivity contribution in [3.8, 4) is 67.3 Å². The first kappa shape index (κ1) is 36.6. The lowest BCUT2D eigenvalue weighted by Gasteiger charge is -2.34. The molecule has 0 aliphatic heterocycles. The van der Waals surface area contributed by atoms with Gasteiger partial charge < -0.3 is 0 Å². The van der Waals surface area contributed by atoms with Gasteiger partial charge >= 0.3 is 0 Å². The monoisotopic (exact) mass is 801 g/mol. The quantitative estimate of drug-likeness (QED) is 0.161. The maximum absolute atomic E-state index is 5.27. The molecule has 63 heavy (non-hydrogen) atoms. The topological polar surface area (TPSA) is 38.7 Å². The fraction of sp³-hybridized carbons (Fsp3) is 0.0167. The fourth-order valence-corrected chi connectivity index (χ4v) is 9.94. The number of fused-ring (bicyclic) bond motifs is 5. The molecule has 0 saturated carbocycles. The van der Waals surface area contributed by atoms with Crippen molar-refractivity contribution in [3.05, 3.63) is 259 Å². The molecule has 3 nitrogen and oxygen atoms in total. The molecule has 3 heteroatoms. The Balaban J connectivity index is 1.03. The van der Waals surface area contributed by atoms with E-state index in [1.165, 1.54) is 60.7 Å². The Morgan fingerprint density at radius 3 is 1.57 bits per heavy atom. The summed E-state index contributed by atoms with van der Waals surface area (Å²) in [6.07, 6.45) is 3.70. The molecule has 0 bridgehead atoms. The van der Waals surface area contributed by atoms with Crippen LogP contribution >= 0.6 is 0 Å². The standard InChI is InChI=1S/C60H39N3/c1-4-15-42(16-5-1)59-62-57(41-28-26-40(27-29-41)46-19-14-34-61-39-46)38-58(63-59)52-32-31-49(50-24-12-13-25-51(50)52)45-30-33-55-53(36-45)54-35-43-17-10-11-18-44(43)37-56(54)60(55,47-20-6-2-7-21-47)48-22-8-3-9-23-48/h1-39H. The fourth-order valence-electron chi connectivity index (χ4n) is 9.94. The number of nitrogens with zero attached hydrogens (tertiary/aromatic N) is 3. The van der Waals surface area contributed by atoms with E-state index in [-0.39, 0.29) is 0 Å². The molecule has 0 N–H and O–H groups in total. The van der Waals surface area contributed by atoms with Crippen LogP contribution in [0.25, 0.3) is 88.8 Å². The minimum absolute atomic E-state index is 0.484. The molecule has 0 amide bonds.